The highest BCUT2D eigenvalue weighted by atomic mass is 35.5. The Hall–Kier alpha value is 0.170. The Kier molecular flexibility index (Phi) is 7.32. The first kappa shape index (κ1) is 11.0. The van der Waals surface area contributed by atoms with Gasteiger partial charge in [-0.1, -0.05) is 0 Å². The highest BCUT2D eigenvalue weighted by molar-refractivity contribution is 5.85. The van der Waals surface area contributed by atoms with E-state index < -0.39 is 0 Å². The van der Waals surface area contributed by atoms with Gasteiger partial charge in [-0.3, -0.25) is 0 Å². The summed E-state index contributed by atoms with van der Waals surface area (Å²) >= 11 is 0. The summed E-state index contributed by atoms with van der Waals surface area (Å²) in [6, 6.07) is 0. The zero-order chi connectivity index (χ0) is 5.86. The Morgan fingerprint density at radius 2 is 1.38 bits per heavy atom. The molecule has 0 saturated carbocycles. The van der Waals surface area contributed by atoms with Crippen molar-refractivity contribution >= 4 is 12.4 Å². The minimum absolute atomic E-state index is 0. The lowest BCUT2D eigenvalue weighted by atomic mass is 10.6. The zero-order valence-corrected chi connectivity index (χ0v) is 5.94. The molecular formula is C4H13ClN2O. The Morgan fingerprint density at radius 3 is 1.38 bits per heavy atom. The first-order valence-electron chi connectivity index (χ1n) is 2.29. The Balaban J connectivity index is 0. The van der Waals surface area contributed by atoms with Gasteiger partial charge in [0.15, 0.2) is 0 Å². The van der Waals surface area contributed by atoms with Gasteiger partial charge in [0.2, 0.25) is 0 Å². The van der Waals surface area contributed by atoms with E-state index in [0.29, 0.717) is 0 Å². The molecule has 4 N–H and O–H groups in total. The maximum Gasteiger partial charge on any atom is 0.104 e. The molecule has 0 aliphatic carbocycles. The van der Waals surface area contributed by atoms with Crippen molar-refractivity contribution in [1.29, 1.82) is 0 Å². The number of hydrogen-bond acceptors (Lipinski definition) is 3. The van der Waals surface area contributed by atoms with E-state index in [1.807, 2.05) is 0 Å². The van der Waals surface area contributed by atoms with Gasteiger partial charge in [-0.2, -0.15) is 0 Å². The van der Waals surface area contributed by atoms with Gasteiger partial charge in [-0.15, -0.1) is 12.4 Å². The van der Waals surface area contributed by atoms with E-state index in [-0.39, 0.29) is 24.9 Å². The summed E-state index contributed by atoms with van der Waals surface area (Å²) in [6.07, 6.45) is -0.500. The van der Waals surface area contributed by atoms with Gasteiger partial charge in [-0.25, -0.2) is 0 Å². The number of rotatable bonds is 2. The smallest absolute Gasteiger partial charge is 0.104 e. The molecule has 0 aromatic heterocycles. The van der Waals surface area contributed by atoms with E-state index in [4.69, 9.17) is 16.2 Å². The van der Waals surface area contributed by atoms with Crippen LogP contribution in [-0.2, 0) is 4.74 Å². The Labute approximate surface area is 55.8 Å². The van der Waals surface area contributed by atoms with Crippen molar-refractivity contribution in [2.45, 2.75) is 26.3 Å². The SMILES string of the molecule is CC(N)OC(C)N.Cl. The maximum absolute atomic E-state index is 5.19. The van der Waals surface area contributed by atoms with Crippen LogP contribution in [0.25, 0.3) is 0 Å². The Morgan fingerprint density at radius 1 is 1.12 bits per heavy atom. The fourth-order valence-corrected chi connectivity index (χ4v) is 0.339. The molecule has 8 heavy (non-hydrogen) atoms. The highest BCUT2D eigenvalue weighted by Crippen LogP contribution is 1.81. The average Bonchev–Trinajstić information content (AvgIpc) is 1.27. The van der Waals surface area contributed by atoms with E-state index >= 15 is 0 Å². The van der Waals surface area contributed by atoms with Crippen LogP contribution in [-0.4, -0.2) is 12.5 Å². The average molecular weight is 141 g/mol. The number of halogens is 1. The van der Waals surface area contributed by atoms with E-state index in [1.165, 1.54) is 0 Å². The summed E-state index contributed by atoms with van der Waals surface area (Å²) in [7, 11) is 0. The van der Waals surface area contributed by atoms with Crippen molar-refractivity contribution in [1.82, 2.24) is 0 Å². The quantitative estimate of drug-likeness (QED) is 0.533. The molecule has 3 nitrogen and oxygen atoms in total. The standard InChI is InChI=1S/C4H12N2O.ClH/c1-3(5)7-4(2)6;/h3-4H,5-6H2,1-2H3;1H. The third-order valence-corrected chi connectivity index (χ3v) is 0.429. The van der Waals surface area contributed by atoms with Crippen molar-refractivity contribution in [2.24, 2.45) is 11.5 Å². The molecule has 0 aromatic rings. The van der Waals surface area contributed by atoms with Gasteiger partial charge >= 0.3 is 0 Å². The minimum Gasteiger partial charge on any atom is -0.346 e. The summed E-state index contributed by atoms with van der Waals surface area (Å²) < 4.78 is 4.81. The molecule has 0 aromatic carbocycles. The van der Waals surface area contributed by atoms with Crippen LogP contribution in [0.3, 0.4) is 0 Å². The number of nitrogens with two attached hydrogens (primary N) is 2. The van der Waals surface area contributed by atoms with Crippen LogP contribution in [0.5, 0.6) is 0 Å². The lowest BCUT2D eigenvalue weighted by Gasteiger charge is -2.09. The highest BCUT2D eigenvalue weighted by Gasteiger charge is 1.94. The van der Waals surface area contributed by atoms with Crippen LogP contribution in [0.4, 0.5) is 0 Å². The second-order valence-corrected chi connectivity index (χ2v) is 1.55. The van der Waals surface area contributed by atoms with Crippen LogP contribution in [0.15, 0.2) is 0 Å². The van der Waals surface area contributed by atoms with Gasteiger partial charge in [0.05, 0.1) is 0 Å². The molecule has 0 bridgehead atoms. The molecule has 2 atom stereocenters. The molecule has 0 aliphatic heterocycles. The third kappa shape index (κ3) is 9.48. The molecule has 0 rings (SSSR count). The van der Waals surface area contributed by atoms with Crippen molar-refractivity contribution < 1.29 is 4.74 Å². The normalized spacial score (nSPS) is 16.5. The zero-order valence-electron chi connectivity index (χ0n) is 5.13. The number of ether oxygens (including phenoxy) is 1. The summed E-state index contributed by atoms with van der Waals surface area (Å²) in [4.78, 5) is 0. The van der Waals surface area contributed by atoms with Gasteiger partial charge in [0, 0.05) is 0 Å². The molecule has 0 spiro atoms. The van der Waals surface area contributed by atoms with E-state index in [1.54, 1.807) is 13.8 Å². The first-order chi connectivity index (χ1) is 3.13. The van der Waals surface area contributed by atoms with Crippen LogP contribution in [0.1, 0.15) is 13.8 Å². The maximum atomic E-state index is 5.19. The topological polar surface area (TPSA) is 61.3 Å². The molecule has 0 aliphatic rings. The molecule has 0 radical (unpaired) electrons. The van der Waals surface area contributed by atoms with Crippen LogP contribution in [0.2, 0.25) is 0 Å². The molecule has 4 heteroatoms. The summed E-state index contributed by atoms with van der Waals surface area (Å²) in [6.45, 7) is 3.48. The lowest BCUT2D eigenvalue weighted by molar-refractivity contribution is 0.0161. The summed E-state index contributed by atoms with van der Waals surface area (Å²) in [5.74, 6) is 0. The fraction of sp³-hybridized carbons (Fsp3) is 1.00. The predicted octanol–water partition coefficient (Wildman–Crippen LogP) is 0.0342. The predicted molar refractivity (Wildman–Crippen MR) is 35.6 cm³/mol. The fourth-order valence-electron chi connectivity index (χ4n) is 0.339. The van der Waals surface area contributed by atoms with E-state index in [2.05, 4.69) is 0 Å². The third-order valence-electron chi connectivity index (χ3n) is 0.429. The molecular weight excluding hydrogens is 128 g/mol. The molecule has 52 valence electrons. The Bertz CT molecular complexity index is 43.3. The van der Waals surface area contributed by atoms with Crippen LogP contribution >= 0.6 is 12.4 Å². The molecule has 2 unspecified atom stereocenters. The van der Waals surface area contributed by atoms with E-state index in [0.717, 1.165) is 0 Å². The van der Waals surface area contributed by atoms with Crippen molar-refractivity contribution in [2.75, 3.05) is 0 Å². The van der Waals surface area contributed by atoms with Gasteiger partial charge in [0.1, 0.15) is 12.5 Å². The summed E-state index contributed by atoms with van der Waals surface area (Å²) in [5.41, 5.74) is 10.4. The molecule has 0 heterocycles. The first-order valence-corrected chi connectivity index (χ1v) is 2.29. The van der Waals surface area contributed by atoms with Gasteiger partial charge in [-0.05, 0) is 13.8 Å². The summed E-state index contributed by atoms with van der Waals surface area (Å²) in [5, 5.41) is 0. The van der Waals surface area contributed by atoms with Crippen LogP contribution < -0.4 is 11.5 Å². The monoisotopic (exact) mass is 140 g/mol. The van der Waals surface area contributed by atoms with E-state index in [9.17, 15) is 0 Å². The molecule has 0 fully saturated rings. The van der Waals surface area contributed by atoms with Crippen molar-refractivity contribution in [3.05, 3.63) is 0 Å². The van der Waals surface area contributed by atoms with Crippen LogP contribution in [0, 0.1) is 0 Å². The van der Waals surface area contributed by atoms with Gasteiger partial charge in [0.25, 0.3) is 0 Å². The molecule has 0 saturated heterocycles. The number of hydrogen-bond donors (Lipinski definition) is 2. The molecule has 0 amide bonds. The van der Waals surface area contributed by atoms with Gasteiger partial charge < -0.3 is 16.2 Å². The minimum atomic E-state index is -0.250. The van der Waals surface area contributed by atoms with Crippen molar-refractivity contribution in [3.8, 4) is 0 Å². The largest absolute Gasteiger partial charge is 0.346 e. The second-order valence-electron chi connectivity index (χ2n) is 1.55. The lowest BCUT2D eigenvalue weighted by Crippen LogP contribution is -2.29. The van der Waals surface area contributed by atoms with Crippen molar-refractivity contribution in [3.63, 3.8) is 0 Å². The second kappa shape index (κ2) is 5.31.